The van der Waals surface area contributed by atoms with Crippen LogP contribution in [0.1, 0.15) is 55.3 Å². The molecule has 4 rings (SSSR count). The number of carbonyl (C=O) groups excluding carboxylic acids is 1. The Bertz CT molecular complexity index is 1000. The molecule has 2 atom stereocenters. The van der Waals surface area contributed by atoms with Gasteiger partial charge in [-0.05, 0) is 37.5 Å². The quantitative estimate of drug-likeness (QED) is 0.577. The van der Waals surface area contributed by atoms with Gasteiger partial charge in [-0.3, -0.25) is 4.79 Å². The van der Waals surface area contributed by atoms with Gasteiger partial charge in [0.2, 0.25) is 5.91 Å². The third-order valence-corrected chi connectivity index (χ3v) is 7.40. The van der Waals surface area contributed by atoms with E-state index in [9.17, 15) is 4.79 Å². The zero-order valence-electron chi connectivity index (χ0n) is 19.6. The number of hydrogen-bond acceptors (Lipinski definition) is 5. The number of piperazine rings is 1. The number of carbonyl (C=O) groups is 1. The van der Waals surface area contributed by atoms with Gasteiger partial charge in [0.1, 0.15) is 11.6 Å². The van der Waals surface area contributed by atoms with Gasteiger partial charge < -0.3 is 14.5 Å². The number of halogens is 2. The van der Waals surface area contributed by atoms with Crippen LogP contribution in [0.25, 0.3) is 0 Å². The Morgan fingerprint density at radius 3 is 2.61 bits per heavy atom. The van der Waals surface area contributed by atoms with Gasteiger partial charge >= 0.3 is 0 Å². The maximum absolute atomic E-state index is 12.8. The average molecular weight is 491 g/mol. The second kappa shape index (κ2) is 10.6. The zero-order chi connectivity index (χ0) is 23.5. The monoisotopic (exact) mass is 490 g/mol. The normalized spacial score (nSPS) is 19.7. The Labute approximate surface area is 206 Å². The summed E-state index contributed by atoms with van der Waals surface area (Å²) in [6.07, 6.45) is 2.44. The first-order chi connectivity index (χ1) is 15.9. The number of nitrogens with zero attached hydrogens (tertiary/aromatic N) is 4. The molecule has 1 aromatic carbocycles. The molecule has 8 heteroatoms. The van der Waals surface area contributed by atoms with Crippen molar-refractivity contribution in [3.8, 4) is 0 Å². The standard InChI is InChI=1S/C25H32Cl2N4O2/c1-4-16(2)23-28-17(3)21(13-18-5-6-20(26)14-22(18)27)24(29-23)30-8-10-31(11-9-30)25(32)19-7-12-33-15-19/h5-6,14,16,19H,4,7-13,15H2,1-3H3/t16-,19-/m1/s1. The van der Waals surface area contributed by atoms with Gasteiger partial charge in [-0.25, -0.2) is 9.97 Å². The summed E-state index contributed by atoms with van der Waals surface area (Å²) < 4.78 is 5.41. The van der Waals surface area contributed by atoms with E-state index in [-0.39, 0.29) is 17.7 Å². The molecule has 6 nitrogen and oxygen atoms in total. The van der Waals surface area contributed by atoms with Crippen molar-refractivity contribution in [2.45, 2.75) is 46.0 Å². The van der Waals surface area contributed by atoms with Crippen molar-refractivity contribution in [3.05, 3.63) is 50.9 Å². The fourth-order valence-electron chi connectivity index (χ4n) is 4.46. The molecule has 3 heterocycles. The fourth-order valence-corrected chi connectivity index (χ4v) is 4.93. The van der Waals surface area contributed by atoms with Gasteiger partial charge in [0, 0.05) is 66.4 Å². The maximum Gasteiger partial charge on any atom is 0.228 e. The van der Waals surface area contributed by atoms with Gasteiger partial charge in [-0.15, -0.1) is 0 Å². The molecule has 178 valence electrons. The van der Waals surface area contributed by atoms with E-state index >= 15 is 0 Å². The van der Waals surface area contributed by atoms with Gasteiger partial charge in [0.15, 0.2) is 0 Å². The molecule has 0 bridgehead atoms. The molecule has 2 aliphatic rings. The van der Waals surface area contributed by atoms with Crippen molar-refractivity contribution < 1.29 is 9.53 Å². The van der Waals surface area contributed by atoms with Gasteiger partial charge in [-0.1, -0.05) is 43.1 Å². The predicted molar refractivity (Wildman–Crippen MR) is 132 cm³/mol. The highest BCUT2D eigenvalue weighted by molar-refractivity contribution is 6.35. The Morgan fingerprint density at radius 1 is 1.21 bits per heavy atom. The topological polar surface area (TPSA) is 58.6 Å². The molecule has 1 aromatic heterocycles. The number of ether oxygens (including phenoxy) is 1. The Hall–Kier alpha value is -1.89. The second-order valence-corrected chi connectivity index (χ2v) is 9.91. The summed E-state index contributed by atoms with van der Waals surface area (Å²) in [5.74, 6) is 2.34. The minimum Gasteiger partial charge on any atom is -0.381 e. The van der Waals surface area contributed by atoms with Crippen molar-refractivity contribution in [2.24, 2.45) is 5.92 Å². The first kappa shape index (κ1) is 24.2. The summed E-state index contributed by atoms with van der Waals surface area (Å²) in [4.78, 5) is 27.0. The molecule has 2 aliphatic heterocycles. The number of aromatic nitrogens is 2. The molecular weight excluding hydrogens is 459 g/mol. The first-order valence-electron chi connectivity index (χ1n) is 11.8. The number of rotatable bonds is 6. The van der Waals surface area contributed by atoms with E-state index in [0.29, 0.717) is 42.8 Å². The van der Waals surface area contributed by atoms with Crippen LogP contribution in [-0.2, 0) is 16.0 Å². The molecule has 0 radical (unpaired) electrons. The molecule has 2 saturated heterocycles. The fraction of sp³-hybridized carbons (Fsp3) is 0.560. The minimum atomic E-state index is 0.0115. The summed E-state index contributed by atoms with van der Waals surface area (Å²) in [7, 11) is 0. The van der Waals surface area contributed by atoms with Crippen LogP contribution in [0.15, 0.2) is 18.2 Å². The largest absolute Gasteiger partial charge is 0.381 e. The summed E-state index contributed by atoms with van der Waals surface area (Å²) in [5, 5.41) is 1.27. The average Bonchev–Trinajstić information content (AvgIpc) is 3.36. The van der Waals surface area contributed by atoms with E-state index in [1.54, 1.807) is 6.07 Å². The second-order valence-electron chi connectivity index (χ2n) is 9.06. The number of amides is 1. The molecule has 2 fully saturated rings. The third-order valence-electron chi connectivity index (χ3n) is 6.81. The van der Waals surface area contributed by atoms with Crippen LogP contribution < -0.4 is 4.90 Å². The highest BCUT2D eigenvalue weighted by Crippen LogP contribution is 2.31. The molecule has 33 heavy (non-hydrogen) atoms. The number of anilines is 1. The lowest BCUT2D eigenvalue weighted by Gasteiger charge is -2.37. The van der Waals surface area contributed by atoms with Gasteiger partial charge in [0.05, 0.1) is 12.5 Å². The van der Waals surface area contributed by atoms with Crippen molar-refractivity contribution in [2.75, 3.05) is 44.3 Å². The van der Waals surface area contributed by atoms with Crippen LogP contribution in [0.5, 0.6) is 0 Å². The molecule has 0 aliphatic carbocycles. The molecular formula is C25H32Cl2N4O2. The van der Waals surface area contributed by atoms with E-state index in [2.05, 4.69) is 25.7 Å². The molecule has 0 unspecified atom stereocenters. The van der Waals surface area contributed by atoms with E-state index in [1.165, 1.54) is 0 Å². The summed E-state index contributed by atoms with van der Waals surface area (Å²) in [6.45, 7) is 10.5. The van der Waals surface area contributed by atoms with E-state index in [1.807, 2.05) is 17.0 Å². The van der Waals surface area contributed by atoms with Crippen LogP contribution in [0.2, 0.25) is 10.0 Å². The molecule has 0 saturated carbocycles. The lowest BCUT2D eigenvalue weighted by Crippen LogP contribution is -2.51. The zero-order valence-corrected chi connectivity index (χ0v) is 21.1. The van der Waals surface area contributed by atoms with E-state index in [4.69, 9.17) is 37.9 Å². The van der Waals surface area contributed by atoms with E-state index in [0.717, 1.165) is 54.4 Å². The third kappa shape index (κ3) is 5.44. The Kier molecular flexibility index (Phi) is 7.77. The van der Waals surface area contributed by atoms with Gasteiger partial charge in [0.25, 0.3) is 0 Å². The number of benzene rings is 1. The lowest BCUT2D eigenvalue weighted by atomic mass is 10.0. The SMILES string of the molecule is CC[C@@H](C)c1nc(C)c(Cc2ccc(Cl)cc2Cl)c(N2CCN(C(=O)[C@@H]3CCOC3)CC2)n1. The summed E-state index contributed by atoms with van der Waals surface area (Å²) >= 11 is 12.6. The first-order valence-corrected chi connectivity index (χ1v) is 12.6. The van der Waals surface area contributed by atoms with Gasteiger partial charge in [-0.2, -0.15) is 0 Å². The van der Waals surface area contributed by atoms with Crippen LogP contribution in [0.4, 0.5) is 5.82 Å². The molecule has 1 amide bonds. The molecule has 2 aromatic rings. The Balaban J connectivity index is 1.60. The lowest BCUT2D eigenvalue weighted by molar-refractivity contribution is -0.135. The van der Waals surface area contributed by atoms with Crippen molar-refractivity contribution in [1.82, 2.24) is 14.9 Å². The highest BCUT2D eigenvalue weighted by atomic mass is 35.5. The number of aryl methyl sites for hydroxylation is 1. The van der Waals surface area contributed by atoms with E-state index < -0.39 is 0 Å². The Morgan fingerprint density at radius 2 is 1.97 bits per heavy atom. The number of hydrogen-bond donors (Lipinski definition) is 0. The highest BCUT2D eigenvalue weighted by Gasteiger charge is 2.31. The maximum atomic E-state index is 12.8. The minimum absolute atomic E-state index is 0.0115. The van der Waals surface area contributed by atoms with Crippen molar-refractivity contribution in [1.29, 1.82) is 0 Å². The van der Waals surface area contributed by atoms with Crippen LogP contribution in [-0.4, -0.2) is 60.2 Å². The smallest absolute Gasteiger partial charge is 0.228 e. The van der Waals surface area contributed by atoms with Crippen LogP contribution in [0, 0.1) is 12.8 Å². The van der Waals surface area contributed by atoms with Crippen molar-refractivity contribution >= 4 is 34.9 Å². The molecule has 0 spiro atoms. The predicted octanol–water partition coefficient (Wildman–Crippen LogP) is 4.88. The summed E-state index contributed by atoms with van der Waals surface area (Å²) in [6, 6.07) is 5.61. The van der Waals surface area contributed by atoms with Crippen LogP contribution in [0.3, 0.4) is 0 Å². The van der Waals surface area contributed by atoms with Crippen molar-refractivity contribution in [3.63, 3.8) is 0 Å². The van der Waals surface area contributed by atoms with Crippen LogP contribution >= 0.6 is 23.2 Å². The summed E-state index contributed by atoms with van der Waals surface area (Å²) in [5.41, 5.74) is 3.05. The molecule has 0 N–H and O–H groups in total.